The van der Waals surface area contributed by atoms with E-state index in [1.165, 1.54) is 12.0 Å². The van der Waals surface area contributed by atoms with Crippen LogP contribution in [0.3, 0.4) is 0 Å². The number of methoxy groups -OCH3 is 2. The van der Waals surface area contributed by atoms with Gasteiger partial charge < -0.3 is 14.4 Å². The zero-order valence-corrected chi connectivity index (χ0v) is 18.8. The van der Waals surface area contributed by atoms with Crippen molar-refractivity contribution < 1.29 is 33.4 Å². The van der Waals surface area contributed by atoms with Crippen molar-refractivity contribution in [3.05, 3.63) is 53.6 Å². The summed E-state index contributed by atoms with van der Waals surface area (Å²) in [7, 11) is 9.62. The molecule has 0 aliphatic rings. The molecule has 1 amide bonds. The first-order valence-corrected chi connectivity index (χ1v) is 9.07. The molecule has 0 aliphatic carbocycles. The fraction of sp³-hybridized carbons (Fsp3) is 0.318. The van der Waals surface area contributed by atoms with Crippen LogP contribution in [0.2, 0.25) is 0 Å². The molecule has 0 aromatic heterocycles. The van der Waals surface area contributed by atoms with Crippen LogP contribution in [0.5, 0.6) is 5.75 Å². The molecule has 0 bridgehead atoms. The standard InChI is InChI=1S/C19H20NO4.C2H6O.CH5NO2/c1-20(2)19(22)15-9-7-14(8-10-15)17-6-4-5-16(18(17)23-3)13-24-12-11-21;1-3-2;1-3-4-2/h4-12H,13H2,1-3H3;1-2H3;2H2,1H3/q+1;;. The highest BCUT2D eigenvalue weighted by Crippen LogP contribution is 2.33. The molecule has 170 valence electrons. The van der Waals surface area contributed by atoms with Crippen molar-refractivity contribution >= 4 is 18.5 Å². The van der Waals surface area contributed by atoms with E-state index >= 15 is 0 Å². The van der Waals surface area contributed by atoms with E-state index in [9.17, 15) is 9.59 Å². The number of nitrogens with two attached hydrogens (primary N) is 1. The molecule has 0 fully saturated rings. The Morgan fingerprint density at radius 3 is 2.10 bits per heavy atom. The van der Waals surface area contributed by atoms with Gasteiger partial charge in [0, 0.05) is 39.4 Å². The predicted molar refractivity (Wildman–Crippen MR) is 117 cm³/mol. The number of ether oxygens (including phenoxy) is 2. The number of rotatable bonds is 7. The average Bonchev–Trinajstić information content (AvgIpc) is 2.79. The minimum atomic E-state index is -0.0416. The Morgan fingerprint density at radius 2 is 1.65 bits per heavy atom. The molecule has 9 heteroatoms. The summed E-state index contributed by atoms with van der Waals surface area (Å²) in [6, 6.07) is 13.1. The second-order valence-corrected chi connectivity index (χ2v) is 6.03. The molecule has 2 rings (SSSR count). The molecule has 2 aromatic carbocycles. The molecule has 0 spiro atoms. The van der Waals surface area contributed by atoms with Gasteiger partial charge in [-0.1, -0.05) is 24.3 Å². The molecular formula is C22H31N2O7+. The number of nitrogens with zero attached hydrogens (tertiary/aromatic N) is 1. The number of carbonyl (C=O) groups is 2. The van der Waals surface area contributed by atoms with Crippen molar-refractivity contribution in [2.75, 3.05) is 42.5 Å². The Morgan fingerprint density at radius 1 is 1.06 bits per heavy atom. The average molecular weight is 435 g/mol. The maximum atomic E-state index is 12.0. The Balaban J connectivity index is 0.00000113. The van der Waals surface area contributed by atoms with Crippen LogP contribution in [0.4, 0.5) is 0 Å². The number of benzene rings is 2. The van der Waals surface area contributed by atoms with Crippen molar-refractivity contribution in [3.63, 3.8) is 0 Å². The number of hydrogen-bond acceptors (Lipinski definition) is 7. The van der Waals surface area contributed by atoms with Gasteiger partial charge in [0.1, 0.15) is 5.75 Å². The van der Waals surface area contributed by atoms with Crippen LogP contribution in [0, 0.1) is 0 Å². The number of carbonyl (C=O) groups excluding carboxylic acids is 3. The summed E-state index contributed by atoms with van der Waals surface area (Å²) in [6.45, 7) is 0.243. The lowest BCUT2D eigenvalue weighted by Gasteiger charge is -2.13. The summed E-state index contributed by atoms with van der Waals surface area (Å²) < 4.78 is 14.9. The van der Waals surface area contributed by atoms with Gasteiger partial charge in [-0.3, -0.25) is 14.0 Å². The number of para-hydroxylation sites is 1. The number of aldehydes is 2. The van der Waals surface area contributed by atoms with Crippen molar-refractivity contribution in [3.8, 4) is 16.9 Å². The van der Waals surface area contributed by atoms with Crippen LogP contribution in [0.15, 0.2) is 42.5 Å². The highest BCUT2D eigenvalue weighted by Gasteiger charge is 2.15. The van der Waals surface area contributed by atoms with Gasteiger partial charge in [0.25, 0.3) is 12.5 Å². The number of hydrogen-bond donors (Lipinski definition) is 1. The molecule has 0 radical (unpaired) electrons. The van der Waals surface area contributed by atoms with Crippen molar-refractivity contribution in [1.82, 2.24) is 4.90 Å². The fourth-order valence-corrected chi connectivity index (χ4v) is 2.39. The van der Waals surface area contributed by atoms with E-state index in [1.54, 1.807) is 47.6 Å². The Hall–Kier alpha value is -3.11. The summed E-state index contributed by atoms with van der Waals surface area (Å²) in [4.78, 5) is 31.2. The topological polar surface area (TPSA) is 112 Å². The Labute approximate surface area is 182 Å². The predicted octanol–water partition coefficient (Wildman–Crippen LogP) is 2.20. The molecule has 0 saturated heterocycles. The van der Waals surface area contributed by atoms with Gasteiger partial charge in [0.05, 0.1) is 19.8 Å². The SMILES string of the molecule is COC.COON.COc1c(C[O+]=CC=O)cccc1-c1ccc(C(=O)N(C)C)cc1. The molecule has 0 aliphatic heterocycles. The van der Waals surface area contributed by atoms with Crippen LogP contribution in [0.1, 0.15) is 15.9 Å². The molecule has 2 N–H and O–H groups in total. The van der Waals surface area contributed by atoms with E-state index in [1.807, 2.05) is 30.3 Å². The van der Waals surface area contributed by atoms with Crippen LogP contribution in [0.25, 0.3) is 11.1 Å². The molecule has 2 aromatic rings. The summed E-state index contributed by atoms with van der Waals surface area (Å²) in [5.74, 6) is 4.95. The number of amides is 1. The smallest absolute Gasteiger partial charge is 0.348 e. The van der Waals surface area contributed by atoms with Crippen LogP contribution < -0.4 is 10.6 Å². The summed E-state index contributed by atoms with van der Waals surface area (Å²) in [6.07, 6.45) is 1.70. The second kappa shape index (κ2) is 16.7. The quantitative estimate of drug-likeness (QED) is 0.233. The van der Waals surface area contributed by atoms with Gasteiger partial charge in [0.15, 0.2) is 0 Å². The fourth-order valence-electron chi connectivity index (χ4n) is 2.39. The van der Waals surface area contributed by atoms with Crippen LogP contribution in [-0.4, -0.2) is 65.9 Å². The highest BCUT2D eigenvalue weighted by atomic mass is 17.3. The molecule has 31 heavy (non-hydrogen) atoms. The van der Waals surface area contributed by atoms with Gasteiger partial charge in [0.2, 0.25) is 6.29 Å². The first kappa shape index (κ1) is 27.9. The van der Waals surface area contributed by atoms with E-state index in [2.05, 4.69) is 20.5 Å². The van der Waals surface area contributed by atoms with Gasteiger partial charge in [-0.25, -0.2) is 4.89 Å². The van der Waals surface area contributed by atoms with Crippen LogP contribution in [-0.2, 0) is 30.4 Å². The van der Waals surface area contributed by atoms with Crippen molar-refractivity contribution in [2.45, 2.75) is 6.61 Å². The molecule has 0 atom stereocenters. The van der Waals surface area contributed by atoms with E-state index in [-0.39, 0.29) is 12.5 Å². The monoisotopic (exact) mass is 435 g/mol. The maximum Gasteiger partial charge on any atom is 0.348 e. The lowest BCUT2D eigenvalue weighted by Crippen LogP contribution is -2.21. The van der Waals surface area contributed by atoms with E-state index in [0.29, 0.717) is 17.6 Å². The zero-order chi connectivity index (χ0) is 23.6. The third-order valence-corrected chi connectivity index (χ3v) is 3.64. The summed E-state index contributed by atoms with van der Waals surface area (Å²) in [5, 5.41) is 0. The largest absolute Gasteiger partial charge is 0.495 e. The van der Waals surface area contributed by atoms with Gasteiger partial charge in [-0.15, -0.1) is 4.99 Å². The van der Waals surface area contributed by atoms with E-state index in [0.717, 1.165) is 23.0 Å². The van der Waals surface area contributed by atoms with E-state index < -0.39 is 0 Å². The second-order valence-electron chi connectivity index (χ2n) is 6.03. The first-order valence-electron chi connectivity index (χ1n) is 9.07. The van der Waals surface area contributed by atoms with Crippen molar-refractivity contribution in [2.24, 2.45) is 5.90 Å². The lowest BCUT2D eigenvalue weighted by atomic mass is 10.00. The van der Waals surface area contributed by atoms with E-state index in [4.69, 9.17) is 9.16 Å². The summed E-state index contributed by atoms with van der Waals surface area (Å²) >= 11 is 0. The normalized spacial score (nSPS) is 9.77. The molecule has 0 saturated carbocycles. The third kappa shape index (κ3) is 9.96. The lowest BCUT2D eigenvalue weighted by molar-refractivity contribution is -0.468. The van der Waals surface area contributed by atoms with Gasteiger partial charge in [-0.05, 0) is 23.8 Å². The molecule has 9 nitrogen and oxygen atoms in total. The first-order chi connectivity index (χ1) is 14.9. The Kier molecular flexibility index (Phi) is 15.0. The van der Waals surface area contributed by atoms with Gasteiger partial charge >= 0.3 is 6.29 Å². The van der Waals surface area contributed by atoms with Gasteiger partial charge in [-0.2, -0.15) is 5.90 Å². The minimum Gasteiger partial charge on any atom is -0.495 e. The highest BCUT2D eigenvalue weighted by molar-refractivity contribution is 6.09. The molecule has 0 heterocycles. The minimum absolute atomic E-state index is 0.0416. The van der Waals surface area contributed by atoms with Crippen LogP contribution >= 0.6 is 0 Å². The molecule has 0 unspecified atom stereocenters. The third-order valence-electron chi connectivity index (χ3n) is 3.64. The molecular weight excluding hydrogens is 404 g/mol. The van der Waals surface area contributed by atoms with Crippen molar-refractivity contribution in [1.29, 1.82) is 0 Å². The summed E-state index contributed by atoms with van der Waals surface area (Å²) in [5.41, 5.74) is 3.29. The Bertz CT molecular complexity index is 804. The zero-order valence-electron chi connectivity index (χ0n) is 18.8. The maximum absolute atomic E-state index is 12.0.